The molecule has 0 bridgehead atoms. The second-order valence-corrected chi connectivity index (χ2v) is 19.5. The number of ether oxygens (including phenoxy) is 2. The van der Waals surface area contributed by atoms with E-state index in [1.165, 1.54) is 22.3 Å². The highest BCUT2D eigenvalue weighted by atomic mass is 32.2. The fraction of sp³-hybridized carbons (Fsp3) is 0.465. The average molecular weight is 859 g/mol. The second-order valence-electron chi connectivity index (χ2n) is 17.0. The lowest BCUT2D eigenvalue weighted by Gasteiger charge is -2.30. The minimum absolute atomic E-state index is 0.0507. The normalized spacial score (nSPS) is 23.5. The van der Waals surface area contributed by atoms with Gasteiger partial charge in [0.15, 0.2) is 5.13 Å². The number of thiazole rings is 1. The van der Waals surface area contributed by atoms with Gasteiger partial charge in [0.1, 0.15) is 39.8 Å². The van der Waals surface area contributed by atoms with Crippen LogP contribution in [0.3, 0.4) is 0 Å². The third-order valence-electron chi connectivity index (χ3n) is 10.7. The summed E-state index contributed by atoms with van der Waals surface area (Å²) < 4.78 is 42.0. The Bertz CT molecular complexity index is 2400. The van der Waals surface area contributed by atoms with Gasteiger partial charge in [0.2, 0.25) is 5.91 Å². The summed E-state index contributed by atoms with van der Waals surface area (Å²) in [6, 6.07) is 12.4. The van der Waals surface area contributed by atoms with E-state index >= 15 is 0 Å². The number of anilines is 2. The number of sulfonamides is 1. The lowest BCUT2D eigenvalue weighted by atomic mass is 10.1. The first-order valence-electron chi connectivity index (χ1n) is 20.4. The molecule has 1 aliphatic carbocycles. The van der Waals surface area contributed by atoms with E-state index in [2.05, 4.69) is 26.0 Å². The molecule has 1 saturated heterocycles. The van der Waals surface area contributed by atoms with E-state index in [1.54, 1.807) is 25.3 Å². The Labute approximate surface area is 355 Å². The number of nitrogens with zero attached hydrogens (tertiary/aromatic N) is 3. The van der Waals surface area contributed by atoms with Crippen LogP contribution in [0.4, 0.5) is 15.6 Å². The SMILES string of the molecule is COc1ccc2c(O[C@@H]3C[C@@H](C(=O)N[C@]45C[C@@H]4/C=C\CCCCCNc4ccccc4S(=O)(=O)NC5=O)N(C(=O)NC(C)(C)C)C3)cc(-c3csc(NC(C)C)n3)nc2c1. The van der Waals surface area contributed by atoms with Gasteiger partial charge in [0, 0.05) is 53.4 Å². The number of carbonyl (C=O) groups is 3. The topological polar surface area (TPSA) is 193 Å². The Hall–Kier alpha value is -5.42. The average Bonchev–Trinajstić information content (AvgIpc) is 3.45. The third kappa shape index (κ3) is 9.62. The number of methoxy groups -OCH3 is 1. The molecule has 4 atom stereocenters. The number of nitrogens with one attached hydrogen (secondary N) is 5. The number of hydrogen-bond donors (Lipinski definition) is 5. The van der Waals surface area contributed by atoms with Crippen LogP contribution in [0.2, 0.25) is 0 Å². The van der Waals surface area contributed by atoms with Crippen molar-refractivity contribution >= 4 is 60.9 Å². The van der Waals surface area contributed by atoms with Gasteiger partial charge in [0.05, 0.1) is 30.6 Å². The van der Waals surface area contributed by atoms with Gasteiger partial charge >= 0.3 is 6.03 Å². The molecular formula is C43H54N8O7S2. The van der Waals surface area contributed by atoms with Gasteiger partial charge in [-0.05, 0) is 84.6 Å². The van der Waals surface area contributed by atoms with E-state index in [-0.39, 0.29) is 30.3 Å². The van der Waals surface area contributed by atoms with E-state index in [0.717, 1.165) is 30.8 Å². The maximum Gasteiger partial charge on any atom is 0.318 e. The van der Waals surface area contributed by atoms with Crippen LogP contribution in [0, 0.1) is 5.92 Å². The van der Waals surface area contributed by atoms with E-state index in [1.807, 2.05) is 76.4 Å². The molecule has 0 spiro atoms. The van der Waals surface area contributed by atoms with Crippen LogP contribution in [0.15, 0.2) is 71.0 Å². The zero-order chi connectivity index (χ0) is 42.8. The van der Waals surface area contributed by atoms with Crippen molar-refractivity contribution in [3.05, 3.63) is 66.1 Å². The number of carbonyl (C=O) groups excluding carboxylic acids is 3. The summed E-state index contributed by atoms with van der Waals surface area (Å²) in [5.41, 5.74) is 0.0423. The van der Waals surface area contributed by atoms with Gasteiger partial charge in [-0.1, -0.05) is 30.7 Å². The Balaban J connectivity index is 1.19. The quantitative estimate of drug-likeness (QED) is 0.123. The number of allylic oxidation sites excluding steroid dienone is 1. The molecule has 5 N–H and O–H groups in total. The number of pyridine rings is 1. The summed E-state index contributed by atoms with van der Waals surface area (Å²) in [7, 11) is -2.76. The summed E-state index contributed by atoms with van der Waals surface area (Å²) in [5.74, 6) is -0.794. The lowest BCUT2D eigenvalue weighted by molar-refractivity contribution is -0.131. The predicted molar refractivity (Wildman–Crippen MR) is 233 cm³/mol. The molecule has 4 aromatic rings. The number of likely N-dealkylation sites (tertiary alicyclic amines) is 1. The van der Waals surface area contributed by atoms with Crippen molar-refractivity contribution in [3.8, 4) is 22.9 Å². The molecule has 7 rings (SSSR count). The van der Waals surface area contributed by atoms with Gasteiger partial charge < -0.3 is 35.6 Å². The summed E-state index contributed by atoms with van der Waals surface area (Å²) in [6.45, 7) is 10.2. The van der Waals surface area contributed by atoms with Gasteiger partial charge in [-0.3, -0.25) is 9.59 Å². The van der Waals surface area contributed by atoms with Crippen LogP contribution in [-0.2, 0) is 19.6 Å². The molecule has 60 heavy (non-hydrogen) atoms. The van der Waals surface area contributed by atoms with Crippen LogP contribution < -0.4 is 35.5 Å². The molecular weight excluding hydrogens is 805 g/mol. The zero-order valence-corrected chi connectivity index (χ0v) is 36.5. The van der Waals surface area contributed by atoms with Crippen LogP contribution >= 0.6 is 11.3 Å². The van der Waals surface area contributed by atoms with Crippen LogP contribution in [0.1, 0.15) is 73.1 Å². The van der Waals surface area contributed by atoms with Crippen molar-refractivity contribution in [2.75, 3.05) is 30.8 Å². The Morgan fingerprint density at radius 2 is 1.85 bits per heavy atom. The van der Waals surface area contributed by atoms with Gasteiger partial charge in [-0.25, -0.2) is 27.9 Å². The predicted octanol–water partition coefficient (Wildman–Crippen LogP) is 6.44. The van der Waals surface area contributed by atoms with Crippen molar-refractivity contribution in [1.82, 2.24) is 30.2 Å². The number of hydrogen-bond acceptors (Lipinski definition) is 12. The number of para-hydroxylation sites is 1. The lowest BCUT2D eigenvalue weighted by Crippen LogP contribution is -2.58. The molecule has 3 aliphatic rings. The number of urea groups is 1. The molecule has 0 radical (unpaired) electrons. The molecule has 2 aromatic carbocycles. The minimum atomic E-state index is -4.34. The molecule has 2 aliphatic heterocycles. The van der Waals surface area contributed by atoms with E-state index < -0.39 is 57.0 Å². The molecule has 4 heterocycles. The van der Waals surface area contributed by atoms with Gasteiger partial charge in [-0.15, -0.1) is 11.3 Å². The fourth-order valence-electron chi connectivity index (χ4n) is 7.61. The van der Waals surface area contributed by atoms with Crippen molar-refractivity contribution in [2.24, 2.45) is 5.92 Å². The van der Waals surface area contributed by atoms with E-state index in [0.29, 0.717) is 46.0 Å². The first kappa shape index (κ1) is 42.7. The molecule has 4 amide bonds. The van der Waals surface area contributed by atoms with Crippen LogP contribution in [0.5, 0.6) is 11.5 Å². The van der Waals surface area contributed by atoms with Crippen LogP contribution in [0.25, 0.3) is 22.3 Å². The Morgan fingerprint density at radius 3 is 2.62 bits per heavy atom. The highest BCUT2D eigenvalue weighted by Gasteiger charge is 2.61. The summed E-state index contributed by atoms with van der Waals surface area (Å²) >= 11 is 1.47. The van der Waals surface area contributed by atoms with E-state index in [4.69, 9.17) is 19.4 Å². The number of aromatic nitrogens is 2. The Morgan fingerprint density at radius 1 is 1.05 bits per heavy atom. The first-order valence-corrected chi connectivity index (χ1v) is 22.8. The van der Waals surface area contributed by atoms with E-state index in [9.17, 15) is 22.8 Å². The van der Waals surface area contributed by atoms with Crippen molar-refractivity contribution in [1.29, 1.82) is 0 Å². The van der Waals surface area contributed by atoms with Crippen molar-refractivity contribution in [3.63, 3.8) is 0 Å². The molecule has 320 valence electrons. The van der Waals surface area contributed by atoms with Crippen molar-refractivity contribution in [2.45, 2.75) is 107 Å². The third-order valence-corrected chi connectivity index (χ3v) is 12.8. The molecule has 2 aromatic heterocycles. The molecule has 0 unspecified atom stereocenters. The number of fused-ring (bicyclic) bond motifs is 3. The van der Waals surface area contributed by atoms with Crippen molar-refractivity contribution < 1.29 is 32.3 Å². The first-order chi connectivity index (χ1) is 28.5. The molecule has 1 saturated carbocycles. The highest BCUT2D eigenvalue weighted by molar-refractivity contribution is 7.90. The maximum absolute atomic E-state index is 14.6. The largest absolute Gasteiger partial charge is 0.497 e. The fourth-order valence-corrected chi connectivity index (χ4v) is 9.69. The Kier molecular flexibility index (Phi) is 12.3. The monoisotopic (exact) mass is 858 g/mol. The summed E-state index contributed by atoms with van der Waals surface area (Å²) in [6.07, 6.45) is 6.97. The summed E-state index contributed by atoms with van der Waals surface area (Å²) in [4.78, 5) is 53.7. The number of rotatable bonds is 8. The maximum atomic E-state index is 14.6. The number of benzene rings is 2. The van der Waals surface area contributed by atoms with Gasteiger partial charge in [0.25, 0.3) is 15.9 Å². The highest BCUT2D eigenvalue weighted by Crippen LogP contribution is 2.46. The minimum Gasteiger partial charge on any atom is -0.497 e. The zero-order valence-electron chi connectivity index (χ0n) is 34.8. The van der Waals surface area contributed by atoms with Gasteiger partial charge in [-0.2, -0.15) is 0 Å². The standard InChI is InChI=1S/C43H54N8O7S2/c1-26(2)45-40-47-34(25-59-40)33-22-36(30-18-17-28(57-6)20-32(30)46-33)58-29-21-35(51(24-29)41(54)49-42(3,4)5)38(52)48-43-23-27(43)14-10-8-7-9-13-19-44-31-15-11-12-16-37(31)60(55,56)50-39(43)53/h10-12,14-18,20,22,25-27,29,35,44H,7-9,13,19,21,23-24H2,1-6H3,(H,45,47)(H,48,52)(H,49,54)(H,50,53)/b14-10-/t27-,29+,35-,43+/m0/s1. The summed E-state index contributed by atoms with van der Waals surface area (Å²) in [5, 5.41) is 15.8. The smallest absolute Gasteiger partial charge is 0.318 e. The second kappa shape index (κ2) is 17.3. The molecule has 2 fully saturated rings. The number of amides is 4. The molecule has 17 heteroatoms. The van der Waals surface area contributed by atoms with Crippen LogP contribution in [-0.4, -0.2) is 90.6 Å². The molecule has 15 nitrogen and oxygen atoms in total.